The Morgan fingerprint density at radius 1 is 0.688 bits per heavy atom. The van der Waals surface area contributed by atoms with Crippen LogP contribution >= 0.6 is 11.3 Å². The number of rotatable bonds is 7. The number of hydrogen-bond donors (Lipinski definition) is 3. The summed E-state index contributed by atoms with van der Waals surface area (Å²) in [6.45, 7) is 0.650. The van der Waals surface area contributed by atoms with Crippen LogP contribution in [-0.4, -0.2) is 30.8 Å². The number of nitrogens with one attached hydrogen (secondary N) is 3. The van der Waals surface area contributed by atoms with Crippen LogP contribution in [0.5, 0.6) is 0 Å². The third-order valence-corrected chi connectivity index (χ3v) is 5.75. The number of carbonyl (C=O) groups is 3. The molecule has 0 bridgehead atoms. The van der Waals surface area contributed by atoms with Crippen LogP contribution in [-0.2, 0) is 0 Å². The minimum absolute atomic E-state index is 0.152. The summed E-state index contributed by atoms with van der Waals surface area (Å²) in [6, 6.07) is 23.6. The van der Waals surface area contributed by atoms with E-state index in [4.69, 9.17) is 0 Å². The molecule has 4 rings (SSSR count). The highest BCUT2D eigenvalue weighted by molar-refractivity contribution is 7.12. The minimum Gasteiger partial charge on any atom is -0.350 e. The summed E-state index contributed by atoms with van der Waals surface area (Å²) in [5.74, 6) is -0.608. The zero-order valence-corrected chi connectivity index (χ0v) is 17.9. The first-order valence-electron chi connectivity index (χ1n) is 10.1. The molecule has 1 aromatic heterocycles. The SMILES string of the molecule is O=C(NCCNC(=O)c1cccs1)c1ccc(NC(=O)c2cccc3ccccc23)cc1. The Hall–Kier alpha value is -3.97. The van der Waals surface area contributed by atoms with Crippen molar-refractivity contribution in [2.45, 2.75) is 0 Å². The Bertz CT molecular complexity index is 1250. The molecule has 0 saturated carbocycles. The van der Waals surface area contributed by atoms with Crippen molar-refractivity contribution in [3.63, 3.8) is 0 Å². The van der Waals surface area contributed by atoms with Crippen molar-refractivity contribution >= 4 is 45.5 Å². The van der Waals surface area contributed by atoms with Gasteiger partial charge in [-0.1, -0.05) is 42.5 Å². The second kappa shape index (κ2) is 9.89. The van der Waals surface area contributed by atoms with Crippen LogP contribution in [0, 0.1) is 0 Å². The van der Waals surface area contributed by atoms with E-state index in [9.17, 15) is 14.4 Å². The molecule has 0 spiro atoms. The maximum absolute atomic E-state index is 12.7. The third kappa shape index (κ3) is 5.01. The van der Waals surface area contributed by atoms with E-state index in [1.807, 2.05) is 47.8 Å². The van der Waals surface area contributed by atoms with Gasteiger partial charge in [-0.3, -0.25) is 14.4 Å². The summed E-state index contributed by atoms with van der Waals surface area (Å²) in [5, 5.41) is 12.1. The van der Waals surface area contributed by atoms with E-state index in [1.54, 1.807) is 36.4 Å². The van der Waals surface area contributed by atoms with Crippen LogP contribution < -0.4 is 16.0 Å². The van der Waals surface area contributed by atoms with Gasteiger partial charge in [-0.15, -0.1) is 11.3 Å². The maximum atomic E-state index is 12.7. The lowest BCUT2D eigenvalue weighted by atomic mass is 10.0. The Morgan fingerprint density at radius 3 is 2.16 bits per heavy atom. The van der Waals surface area contributed by atoms with Gasteiger partial charge in [0.25, 0.3) is 17.7 Å². The van der Waals surface area contributed by atoms with Crippen LogP contribution in [0.1, 0.15) is 30.4 Å². The average molecular weight is 444 g/mol. The molecule has 0 aliphatic carbocycles. The van der Waals surface area contributed by atoms with Crippen molar-refractivity contribution in [3.05, 3.63) is 100 Å². The Balaban J connectivity index is 1.30. The lowest BCUT2D eigenvalue weighted by Gasteiger charge is -2.09. The Kier molecular flexibility index (Phi) is 6.57. The van der Waals surface area contributed by atoms with E-state index in [0.29, 0.717) is 34.8 Å². The number of hydrogen-bond acceptors (Lipinski definition) is 4. The van der Waals surface area contributed by atoms with E-state index < -0.39 is 0 Å². The van der Waals surface area contributed by atoms with Crippen molar-refractivity contribution in [1.82, 2.24) is 10.6 Å². The molecule has 0 aliphatic rings. The molecule has 4 aromatic rings. The number of carbonyl (C=O) groups excluding carboxylic acids is 3. The van der Waals surface area contributed by atoms with Crippen LogP contribution in [0.15, 0.2) is 84.2 Å². The van der Waals surface area contributed by atoms with E-state index >= 15 is 0 Å². The van der Waals surface area contributed by atoms with Gasteiger partial charge in [-0.2, -0.15) is 0 Å². The fourth-order valence-corrected chi connectivity index (χ4v) is 3.92. The van der Waals surface area contributed by atoms with E-state index in [0.717, 1.165) is 10.8 Å². The van der Waals surface area contributed by atoms with Crippen LogP contribution in [0.2, 0.25) is 0 Å². The zero-order valence-electron chi connectivity index (χ0n) is 17.1. The highest BCUT2D eigenvalue weighted by atomic mass is 32.1. The van der Waals surface area contributed by atoms with Crippen molar-refractivity contribution in [1.29, 1.82) is 0 Å². The number of benzene rings is 3. The number of thiophene rings is 1. The fourth-order valence-electron chi connectivity index (χ4n) is 3.28. The molecular formula is C25H21N3O3S. The summed E-state index contributed by atoms with van der Waals surface area (Å²) in [4.78, 5) is 37.6. The highest BCUT2D eigenvalue weighted by Gasteiger charge is 2.11. The van der Waals surface area contributed by atoms with Gasteiger partial charge in [-0.25, -0.2) is 0 Å². The van der Waals surface area contributed by atoms with Crippen molar-refractivity contribution in [3.8, 4) is 0 Å². The van der Waals surface area contributed by atoms with Gasteiger partial charge in [0.15, 0.2) is 0 Å². The van der Waals surface area contributed by atoms with Crippen molar-refractivity contribution < 1.29 is 14.4 Å². The average Bonchev–Trinajstić information content (AvgIpc) is 3.37. The number of anilines is 1. The molecule has 3 amide bonds. The molecule has 0 aliphatic heterocycles. The van der Waals surface area contributed by atoms with Gasteiger partial charge in [0.2, 0.25) is 0 Å². The first kappa shape index (κ1) is 21.3. The summed E-state index contributed by atoms with van der Waals surface area (Å²) < 4.78 is 0. The van der Waals surface area contributed by atoms with Crippen molar-refractivity contribution in [2.24, 2.45) is 0 Å². The lowest BCUT2D eigenvalue weighted by Crippen LogP contribution is -2.34. The molecule has 3 N–H and O–H groups in total. The molecule has 0 unspecified atom stereocenters. The van der Waals surface area contributed by atoms with Gasteiger partial charge >= 0.3 is 0 Å². The highest BCUT2D eigenvalue weighted by Crippen LogP contribution is 2.20. The first-order chi connectivity index (χ1) is 15.6. The summed E-state index contributed by atoms with van der Waals surface area (Å²) in [5.41, 5.74) is 1.66. The van der Waals surface area contributed by atoms with Crippen LogP contribution in [0.25, 0.3) is 10.8 Å². The standard InChI is InChI=1S/C25H21N3O3S/c29-23(26-14-15-27-25(31)22-9-4-16-32-22)18-10-12-19(13-11-18)28-24(30)21-8-3-6-17-5-1-2-7-20(17)21/h1-13,16H,14-15H2,(H,26,29)(H,27,31)(H,28,30). The van der Waals surface area contributed by atoms with E-state index in [1.165, 1.54) is 11.3 Å². The molecule has 0 saturated heterocycles. The Morgan fingerprint density at radius 2 is 1.41 bits per heavy atom. The number of amides is 3. The van der Waals surface area contributed by atoms with Crippen LogP contribution in [0.4, 0.5) is 5.69 Å². The molecule has 1 heterocycles. The predicted octanol–water partition coefficient (Wildman–Crippen LogP) is 4.31. The molecule has 0 radical (unpaired) electrons. The monoisotopic (exact) mass is 443 g/mol. The topological polar surface area (TPSA) is 87.3 Å². The second-order valence-corrected chi connectivity index (χ2v) is 7.99. The largest absolute Gasteiger partial charge is 0.350 e. The summed E-state index contributed by atoms with van der Waals surface area (Å²) in [6.07, 6.45) is 0. The molecule has 32 heavy (non-hydrogen) atoms. The predicted molar refractivity (Wildman–Crippen MR) is 127 cm³/mol. The molecule has 160 valence electrons. The zero-order chi connectivity index (χ0) is 22.3. The minimum atomic E-state index is -0.248. The Labute approximate surface area is 189 Å². The third-order valence-electron chi connectivity index (χ3n) is 4.88. The molecule has 0 fully saturated rings. The van der Waals surface area contributed by atoms with Crippen molar-refractivity contribution in [2.75, 3.05) is 18.4 Å². The normalized spacial score (nSPS) is 10.5. The van der Waals surface area contributed by atoms with Gasteiger partial charge in [0.1, 0.15) is 0 Å². The van der Waals surface area contributed by atoms with Crippen LogP contribution in [0.3, 0.4) is 0 Å². The number of fused-ring (bicyclic) bond motifs is 1. The van der Waals surface area contributed by atoms with Gasteiger partial charge in [0, 0.05) is 29.9 Å². The molecular weight excluding hydrogens is 422 g/mol. The maximum Gasteiger partial charge on any atom is 0.261 e. The van der Waals surface area contributed by atoms with Gasteiger partial charge in [-0.05, 0) is 52.6 Å². The smallest absolute Gasteiger partial charge is 0.261 e. The quantitative estimate of drug-likeness (QED) is 0.372. The van der Waals surface area contributed by atoms with E-state index in [2.05, 4.69) is 16.0 Å². The second-order valence-electron chi connectivity index (χ2n) is 7.05. The first-order valence-corrected chi connectivity index (χ1v) is 11.0. The summed E-state index contributed by atoms with van der Waals surface area (Å²) >= 11 is 1.37. The lowest BCUT2D eigenvalue weighted by molar-refractivity contribution is 0.0929. The molecule has 7 heteroatoms. The van der Waals surface area contributed by atoms with Gasteiger partial charge in [0.05, 0.1) is 4.88 Å². The fraction of sp³-hybridized carbons (Fsp3) is 0.0800. The molecule has 3 aromatic carbocycles. The summed E-state index contributed by atoms with van der Waals surface area (Å²) in [7, 11) is 0. The van der Waals surface area contributed by atoms with E-state index in [-0.39, 0.29) is 17.7 Å². The molecule has 0 atom stereocenters. The molecule has 6 nitrogen and oxygen atoms in total. The van der Waals surface area contributed by atoms with Gasteiger partial charge < -0.3 is 16.0 Å².